The summed E-state index contributed by atoms with van der Waals surface area (Å²) in [5.74, 6) is -0.565. The molecule has 0 atom stereocenters. The van der Waals surface area contributed by atoms with Gasteiger partial charge in [0.1, 0.15) is 6.61 Å². The Labute approximate surface area is 177 Å². The number of esters is 1. The lowest BCUT2D eigenvalue weighted by molar-refractivity contribution is 0.0549. The molecule has 2 aromatic rings. The number of hydrogen-bond acceptors (Lipinski definition) is 6. The van der Waals surface area contributed by atoms with Crippen LogP contribution in [0, 0.1) is 0 Å². The van der Waals surface area contributed by atoms with Gasteiger partial charge in [-0.3, -0.25) is 0 Å². The molecule has 1 fully saturated rings. The summed E-state index contributed by atoms with van der Waals surface area (Å²) in [6.07, 6.45) is 3.62. The second kappa shape index (κ2) is 9.88. The topological polar surface area (TPSA) is 76.2 Å². The monoisotopic (exact) mass is 430 g/mol. The quantitative estimate of drug-likeness (QED) is 0.629. The molecule has 30 heavy (non-hydrogen) atoms. The summed E-state index contributed by atoms with van der Waals surface area (Å²) in [5, 5.41) is 0. The molecule has 1 heterocycles. The predicted octanol–water partition coefficient (Wildman–Crippen LogP) is 2.64. The van der Waals surface area contributed by atoms with E-state index in [1.807, 2.05) is 41.3 Å². The fourth-order valence-electron chi connectivity index (χ4n) is 3.08. The van der Waals surface area contributed by atoms with Crippen molar-refractivity contribution >= 4 is 27.8 Å². The van der Waals surface area contributed by atoms with Crippen molar-refractivity contribution in [2.75, 3.05) is 51.9 Å². The molecule has 0 aromatic heterocycles. The minimum Gasteiger partial charge on any atom is -0.458 e. The fraction of sp³-hybridized carbons (Fsp3) is 0.318. The van der Waals surface area contributed by atoms with Gasteiger partial charge in [0.05, 0.1) is 29.4 Å². The number of carbonyl (C=O) groups excluding carboxylic acids is 1. The van der Waals surface area contributed by atoms with E-state index < -0.39 is 16.0 Å². The molecular weight excluding hydrogens is 404 g/mol. The van der Waals surface area contributed by atoms with Gasteiger partial charge in [-0.25, -0.2) is 17.5 Å². The van der Waals surface area contributed by atoms with Crippen molar-refractivity contribution in [2.24, 2.45) is 0 Å². The number of sulfonamides is 1. The van der Waals surface area contributed by atoms with Crippen molar-refractivity contribution in [3.8, 4) is 0 Å². The molecule has 3 rings (SSSR count). The van der Waals surface area contributed by atoms with Crippen LogP contribution in [0.25, 0.3) is 6.08 Å². The fourth-order valence-corrected chi connectivity index (χ4v) is 4.01. The van der Waals surface area contributed by atoms with E-state index in [0.717, 1.165) is 9.87 Å². The minimum atomic E-state index is -3.67. The zero-order valence-electron chi connectivity index (χ0n) is 17.2. The summed E-state index contributed by atoms with van der Waals surface area (Å²) in [4.78, 5) is 14.9. The van der Waals surface area contributed by atoms with E-state index >= 15 is 0 Å². The molecule has 0 bridgehead atoms. The van der Waals surface area contributed by atoms with E-state index in [1.54, 1.807) is 12.1 Å². The lowest BCUT2D eigenvalue weighted by Gasteiger charge is -2.30. The first-order chi connectivity index (χ1) is 14.4. The number of rotatable bonds is 7. The molecule has 0 saturated carbocycles. The van der Waals surface area contributed by atoms with Gasteiger partial charge in [-0.05, 0) is 29.8 Å². The van der Waals surface area contributed by atoms with E-state index in [9.17, 15) is 13.2 Å². The number of nitrogens with zero attached hydrogens (tertiary/aromatic N) is 2. The highest BCUT2D eigenvalue weighted by molar-refractivity contribution is 7.89. The van der Waals surface area contributed by atoms with Gasteiger partial charge in [0.25, 0.3) is 0 Å². The molecule has 0 spiro atoms. The second-order valence-electron chi connectivity index (χ2n) is 6.98. The first-order valence-corrected chi connectivity index (χ1v) is 11.1. The van der Waals surface area contributed by atoms with Gasteiger partial charge >= 0.3 is 5.97 Å². The molecule has 1 saturated heterocycles. The summed E-state index contributed by atoms with van der Waals surface area (Å²) in [5.41, 5.74) is 1.88. The van der Waals surface area contributed by atoms with Gasteiger partial charge in [-0.1, -0.05) is 36.4 Å². The van der Waals surface area contributed by atoms with E-state index in [-0.39, 0.29) is 17.1 Å². The van der Waals surface area contributed by atoms with Gasteiger partial charge in [-0.15, -0.1) is 0 Å². The molecule has 1 aliphatic rings. The Morgan fingerprint density at radius 3 is 2.50 bits per heavy atom. The number of benzene rings is 2. The van der Waals surface area contributed by atoms with Crippen LogP contribution in [0.15, 0.2) is 59.5 Å². The Kier molecular flexibility index (Phi) is 7.25. The van der Waals surface area contributed by atoms with Crippen LogP contribution in [0.5, 0.6) is 0 Å². The maximum Gasteiger partial charge on any atom is 0.340 e. The molecule has 7 nitrogen and oxygen atoms in total. The third kappa shape index (κ3) is 5.27. The maximum absolute atomic E-state index is 12.8. The zero-order chi connectivity index (χ0) is 21.6. The van der Waals surface area contributed by atoms with Crippen LogP contribution >= 0.6 is 0 Å². The highest BCUT2D eigenvalue weighted by atomic mass is 32.2. The first kappa shape index (κ1) is 22.0. The van der Waals surface area contributed by atoms with Crippen LogP contribution in [0.4, 0.5) is 5.69 Å². The minimum absolute atomic E-state index is 0.0521. The van der Waals surface area contributed by atoms with Crippen LogP contribution in [-0.2, 0) is 19.5 Å². The SMILES string of the molecule is CN(C)S(=O)(=O)c1ccc(N2CCOCC2)c(C(=O)OC/C=C/c2ccccc2)c1. The molecule has 160 valence electrons. The largest absolute Gasteiger partial charge is 0.458 e. The smallest absolute Gasteiger partial charge is 0.340 e. The number of ether oxygens (including phenoxy) is 2. The van der Waals surface area contributed by atoms with E-state index in [1.165, 1.54) is 26.2 Å². The van der Waals surface area contributed by atoms with Crippen molar-refractivity contribution in [1.29, 1.82) is 0 Å². The summed E-state index contributed by atoms with van der Waals surface area (Å²) in [6, 6.07) is 14.3. The van der Waals surface area contributed by atoms with Crippen molar-refractivity contribution in [3.05, 3.63) is 65.7 Å². The summed E-state index contributed by atoms with van der Waals surface area (Å²) in [6.45, 7) is 2.42. The summed E-state index contributed by atoms with van der Waals surface area (Å²) >= 11 is 0. The van der Waals surface area contributed by atoms with Crippen LogP contribution in [0.1, 0.15) is 15.9 Å². The Hall–Kier alpha value is -2.68. The van der Waals surface area contributed by atoms with Crippen LogP contribution in [-0.4, -0.2) is 65.7 Å². The van der Waals surface area contributed by atoms with Crippen molar-refractivity contribution in [3.63, 3.8) is 0 Å². The Bertz CT molecular complexity index is 997. The summed E-state index contributed by atoms with van der Waals surface area (Å²) < 4.78 is 37.0. The number of anilines is 1. The van der Waals surface area contributed by atoms with Gasteiger partial charge in [0, 0.05) is 27.2 Å². The van der Waals surface area contributed by atoms with Gasteiger partial charge in [0.15, 0.2) is 0 Å². The number of morpholine rings is 1. The number of carbonyl (C=O) groups is 1. The predicted molar refractivity (Wildman–Crippen MR) is 116 cm³/mol. The van der Waals surface area contributed by atoms with E-state index in [0.29, 0.717) is 32.0 Å². The van der Waals surface area contributed by atoms with E-state index in [4.69, 9.17) is 9.47 Å². The standard InChI is InChI=1S/C22H26N2O5S/c1-23(2)30(26,27)19-10-11-21(24-12-15-28-16-13-24)20(17-19)22(25)29-14-6-9-18-7-4-3-5-8-18/h3-11,17H,12-16H2,1-2H3/b9-6+. The van der Waals surface area contributed by atoms with Gasteiger partial charge in [-0.2, -0.15) is 0 Å². The average molecular weight is 431 g/mol. The molecule has 0 aliphatic carbocycles. The zero-order valence-corrected chi connectivity index (χ0v) is 18.0. The second-order valence-corrected chi connectivity index (χ2v) is 9.13. The Morgan fingerprint density at radius 2 is 1.83 bits per heavy atom. The molecule has 0 N–H and O–H groups in total. The van der Waals surface area contributed by atoms with Crippen LogP contribution in [0.3, 0.4) is 0 Å². The molecule has 0 radical (unpaired) electrons. The highest BCUT2D eigenvalue weighted by Crippen LogP contribution is 2.27. The normalized spacial score (nSPS) is 15.0. The molecule has 0 unspecified atom stereocenters. The first-order valence-electron chi connectivity index (χ1n) is 9.67. The lowest BCUT2D eigenvalue weighted by atomic mass is 10.1. The van der Waals surface area contributed by atoms with Crippen LogP contribution < -0.4 is 4.90 Å². The number of hydrogen-bond donors (Lipinski definition) is 0. The van der Waals surface area contributed by atoms with Crippen molar-refractivity contribution < 1.29 is 22.7 Å². The van der Waals surface area contributed by atoms with Gasteiger partial charge < -0.3 is 14.4 Å². The average Bonchev–Trinajstić information content (AvgIpc) is 2.77. The molecule has 8 heteroatoms. The molecule has 1 aliphatic heterocycles. The summed E-state index contributed by atoms with van der Waals surface area (Å²) in [7, 11) is -0.761. The Morgan fingerprint density at radius 1 is 1.13 bits per heavy atom. The molecular formula is C22H26N2O5S. The van der Waals surface area contributed by atoms with Crippen LogP contribution in [0.2, 0.25) is 0 Å². The third-order valence-corrected chi connectivity index (χ3v) is 6.55. The van der Waals surface area contributed by atoms with E-state index in [2.05, 4.69) is 0 Å². The van der Waals surface area contributed by atoms with Crippen molar-refractivity contribution in [1.82, 2.24) is 4.31 Å². The lowest BCUT2D eigenvalue weighted by Crippen LogP contribution is -2.37. The molecule has 2 aromatic carbocycles. The van der Waals surface area contributed by atoms with Gasteiger partial charge in [0.2, 0.25) is 10.0 Å². The Balaban J connectivity index is 1.83. The maximum atomic E-state index is 12.8. The highest BCUT2D eigenvalue weighted by Gasteiger charge is 2.24. The third-order valence-electron chi connectivity index (χ3n) is 4.74. The molecule has 0 amide bonds. The van der Waals surface area contributed by atoms with Crippen molar-refractivity contribution in [2.45, 2.75) is 4.90 Å².